The Bertz CT molecular complexity index is 1530. The topological polar surface area (TPSA) is 61.5 Å². The number of likely N-dealkylation sites (tertiary alicyclic amines) is 1. The third-order valence-electron chi connectivity index (χ3n) is 7.59. The zero-order valence-corrected chi connectivity index (χ0v) is 21.6. The number of nitrogens with zero attached hydrogens (tertiary/aromatic N) is 3. The summed E-state index contributed by atoms with van der Waals surface area (Å²) in [5, 5.41) is 0. The molecule has 3 heterocycles. The predicted molar refractivity (Wildman–Crippen MR) is 142 cm³/mol. The number of imidazole rings is 1. The van der Waals surface area contributed by atoms with Crippen molar-refractivity contribution in [1.82, 2.24) is 19.8 Å². The van der Waals surface area contributed by atoms with Crippen molar-refractivity contribution in [2.24, 2.45) is 0 Å². The number of aryl methyl sites for hydroxylation is 1. The molecule has 2 aliphatic rings. The maximum atomic E-state index is 13.8. The van der Waals surface area contributed by atoms with Crippen LogP contribution in [-0.2, 0) is 12.7 Å². The first kappa shape index (κ1) is 25.3. The normalized spacial score (nSPS) is 18.0. The van der Waals surface area contributed by atoms with Gasteiger partial charge in [-0.1, -0.05) is 24.3 Å². The number of hydrogen-bond donors (Lipinski definition) is 1. The van der Waals surface area contributed by atoms with Crippen LogP contribution in [-0.4, -0.2) is 45.5 Å². The summed E-state index contributed by atoms with van der Waals surface area (Å²) in [5.74, 6) is 1.59. The highest BCUT2D eigenvalue weighted by Gasteiger charge is 2.35. The van der Waals surface area contributed by atoms with Crippen LogP contribution in [0, 0.1) is 6.92 Å². The van der Waals surface area contributed by atoms with Crippen molar-refractivity contribution < 1.29 is 22.7 Å². The van der Waals surface area contributed by atoms with Crippen LogP contribution in [0.15, 0.2) is 60.7 Å². The van der Waals surface area contributed by atoms with Crippen LogP contribution in [0.5, 0.6) is 5.75 Å². The highest BCUT2D eigenvalue weighted by atomic mass is 19.4. The van der Waals surface area contributed by atoms with Gasteiger partial charge < -0.3 is 19.5 Å². The van der Waals surface area contributed by atoms with Crippen LogP contribution >= 0.6 is 0 Å². The van der Waals surface area contributed by atoms with Gasteiger partial charge in [0, 0.05) is 12.1 Å². The summed E-state index contributed by atoms with van der Waals surface area (Å²) < 4.78 is 46.2. The Morgan fingerprint density at radius 3 is 2.69 bits per heavy atom. The summed E-state index contributed by atoms with van der Waals surface area (Å²) in [6, 6.07) is 16.9. The average molecular weight is 535 g/mol. The van der Waals surface area contributed by atoms with Gasteiger partial charge in [0.15, 0.2) is 0 Å². The maximum absolute atomic E-state index is 13.8. The Labute approximate surface area is 224 Å². The number of carbonyl (C=O) groups is 1. The number of piperidine rings is 1. The number of fused-ring (bicyclic) bond motifs is 2. The van der Waals surface area contributed by atoms with E-state index in [1.54, 1.807) is 15.9 Å². The molecule has 2 amide bonds. The molecule has 2 aliphatic heterocycles. The molecule has 1 saturated heterocycles. The molecule has 0 spiro atoms. The van der Waals surface area contributed by atoms with E-state index >= 15 is 0 Å². The molecule has 1 N–H and O–H groups in total. The first-order chi connectivity index (χ1) is 18.8. The Kier molecular flexibility index (Phi) is 6.45. The molecule has 1 aromatic heterocycles. The van der Waals surface area contributed by atoms with E-state index in [-0.39, 0.29) is 6.03 Å². The minimum atomic E-state index is -4.43. The fraction of sp³-hybridized carbons (Fsp3) is 0.333. The van der Waals surface area contributed by atoms with E-state index in [0.717, 1.165) is 58.2 Å². The SMILES string of the molecule is Cc1nc2ccc(-c3ccc4c(c3)CN(C(=O)N3CCCCC3c3cccc(C(F)(F)F)c3)CCO4)cc2[nH]1. The van der Waals surface area contributed by atoms with Gasteiger partial charge in [0.2, 0.25) is 0 Å². The smallest absolute Gasteiger partial charge is 0.416 e. The van der Waals surface area contributed by atoms with Crippen LogP contribution in [0.25, 0.3) is 22.2 Å². The highest BCUT2D eigenvalue weighted by Crippen LogP contribution is 2.37. The Morgan fingerprint density at radius 2 is 1.85 bits per heavy atom. The third-order valence-corrected chi connectivity index (χ3v) is 7.59. The van der Waals surface area contributed by atoms with Gasteiger partial charge in [-0.05, 0) is 79.3 Å². The Hall–Kier alpha value is -4.01. The number of rotatable bonds is 2. The van der Waals surface area contributed by atoms with Crippen molar-refractivity contribution in [2.75, 3.05) is 19.7 Å². The number of aromatic amines is 1. The summed E-state index contributed by atoms with van der Waals surface area (Å²) >= 11 is 0. The predicted octanol–water partition coefficient (Wildman–Crippen LogP) is 7.10. The maximum Gasteiger partial charge on any atom is 0.416 e. The largest absolute Gasteiger partial charge is 0.491 e. The van der Waals surface area contributed by atoms with Crippen molar-refractivity contribution in [2.45, 2.75) is 44.9 Å². The van der Waals surface area contributed by atoms with E-state index in [4.69, 9.17) is 4.74 Å². The molecule has 1 atom stereocenters. The molecule has 9 heteroatoms. The van der Waals surface area contributed by atoms with Crippen LogP contribution in [0.4, 0.5) is 18.0 Å². The molecule has 1 unspecified atom stereocenters. The van der Waals surface area contributed by atoms with E-state index < -0.39 is 17.8 Å². The molecule has 0 saturated carbocycles. The second-order valence-electron chi connectivity index (χ2n) is 10.3. The molecule has 0 aliphatic carbocycles. The van der Waals surface area contributed by atoms with Crippen LogP contribution in [0.3, 0.4) is 0 Å². The number of amides is 2. The monoisotopic (exact) mass is 534 g/mol. The van der Waals surface area contributed by atoms with Crippen molar-refractivity contribution >= 4 is 17.1 Å². The second kappa shape index (κ2) is 9.94. The summed E-state index contributed by atoms with van der Waals surface area (Å²) in [6.07, 6.45) is -2.11. The molecule has 4 aromatic rings. The van der Waals surface area contributed by atoms with E-state index in [2.05, 4.69) is 16.0 Å². The molecule has 202 valence electrons. The van der Waals surface area contributed by atoms with Gasteiger partial charge in [-0.2, -0.15) is 13.2 Å². The van der Waals surface area contributed by atoms with Gasteiger partial charge in [0.05, 0.1) is 35.7 Å². The third kappa shape index (κ3) is 5.05. The summed E-state index contributed by atoms with van der Waals surface area (Å²) in [6.45, 7) is 3.53. The van der Waals surface area contributed by atoms with Gasteiger partial charge in [-0.3, -0.25) is 0 Å². The lowest BCUT2D eigenvalue weighted by Gasteiger charge is -2.39. The lowest BCUT2D eigenvalue weighted by atomic mass is 9.94. The molecule has 0 radical (unpaired) electrons. The molecule has 3 aromatic carbocycles. The van der Waals surface area contributed by atoms with Gasteiger partial charge in [-0.25, -0.2) is 9.78 Å². The number of nitrogens with one attached hydrogen (secondary N) is 1. The van der Waals surface area contributed by atoms with Crippen molar-refractivity contribution in [3.63, 3.8) is 0 Å². The van der Waals surface area contributed by atoms with Crippen molar-refractivity contribution in [1.29, 1.82) is 0 Å². The minimum absolute atomic E-state index is 0.173. The number of H-pyrrole nitrogens is 1. The van der Waals surface area contributed by atoms with Crippen LogP contribution in [0.1, 0.15) is 47.8 Å². The lowest BCUT2D eigenvalue weighted by Crippen LogP contribution is -2.47. The Morgan fingerprint density at radius 1 is 1.03 bits per heavy atom. The highest BCUT2D eigenvalue weighted by molar-refractivity contribution is 5.82. The zero-order valence-electron chi connectivity index (χ0n) is 21.6. The van der Waals surface area contributed by atoms with Crippen molar-refractivity contribution in [3.05, 3.63) is 83.2 Å². The molecular formula is C30H29F3N4O2. The quantitative estimate of drug-likeness (QED) is 0.298. The minimum Gasteiger partial charge on any atom is -0.491 e. The Balaban J connectivity index is 1.27. The van der Waals surface area contributed by atoms with E-state index in [9.17, 15) is 18.0 Å². The molecule has 1 fully saturated rings. The summed E-state index contributed by atoms with van der Waals surface area (Å²) in [5.41, 5.74) is 4.62. The van der Waals surface area contributed by atoms with E-state index in [1.807, 2.05) is 37.3 Å². The van der Waals surface area contributed by atoms with Gasteiger partial charge >= 0.3 is 12.2 Å². The van der Waals surface area contributed by atoms with Crippen LogP contribution < -0.4 is 4.74 Å². The molecular weight excluding hydrogens is 505 g/mol. The van der Waals surface area contributed by atoms with E-state index in [1.165, 1.54) is 12.1 Å². The van der Waals surface area contributed by atoms with Crippen LogP contribution in [0.2, 0.25) is 0 Å². The number of benzene rings is 3. The fourth-order valence-corrected chi connectivity index (χ4v) is 5.66. The first-order valence-corrected chi connectivity index (χ1v) is 13.2. The van der Waals surface area contributed by atoms with Gasteiger partial charge in [0.1, 0.15) is 18.2 Å². The number of urea groups is 1. The molecule has 39 heavy (non-hydrogen) atoms. The number of halogens is 3. The number of ether oxygens (including phenoxy) is 1. The number of carbonyl (C=O) groups excluding carboxylic acids is 1. The van der Waals surface area contributed by atoms with Gasteiger partial charge in [0.25, 0.3) is 0 Å². The summed E-state index contributed by atoms with van der Waals surface area (Å²) in [4.78, 5) is 25.1. The number of aromatic nitrogens is 2. The lowest BCUT2D eigenvalue weighted by molar-refractivity contribution is -0.137. The molecule has 6 rings (SSSR count). The average Bonchev–Trinajstić information content (AvgIpc) is 3.17. The fourth-order valence-electron chi connectivity index (χ4n) is 5.66. The zero-order chi connectivity index (χ0) is 27.1. The first-order valence-electron chi connectivity index (χ1n) is 13.2. The number of hydrogen-bond acceptors (Lipinski definition) is 3. The standard InChI is InChI=1S/C30H29F3N4O2/c1-19-34-25-10-8-21(17-26(25)35-19)20-9-11-28-23(15-20)18-36(13-14-39-28)29(38)37-12-3-2-7-27(37)22-5-4-6-24(16-22)30(31,32)33/h4-6,8-11,15-17,27H,2-3,7,12-14,18H2,1H3,(H,34,35). The molecule has 6 nitrogen and oxygen atoms in total. The second-order valence-corrected chi connectivity index (χ2v) is 10.3. The molecule has 0 bridgehead atoms. The summed E-state index contributed by atoms with van der Waals surface area (Å²) in [7, 11) is 0. The van der Waals surface area contributed by atoms with E-state index in [0.29, 0.717) is 38.2 Å². The van der Waals surface area contributed by atoms with Gasteiger partial charge in [-0.15, -0.1) is 0 Å². The number of alkyl halides is 3. The van der Waals surface area contributed by atoms with Crippen molar-refractivity contribution in [3.8, 4) is 16.9 Å².